The lowest BCUT2D eigenvalue weighted by molar-refractivity contribution is -0.138. The van der Waals surface area contributed by atoms with Crippen molar-refractivity contribution in [2.75, 3.05) is 39.3 Å². The van der Waals surface area contributed by atoms with E-state index < -0.39 is 0 Å². The molecule has 2 fully saturated rings. The number of carbonyl (C=O) groups excluding carboxylic acids is 1. The maximum Gasteiger partial charge on any atom is 0.225 e. The Morgan fingerprint density at radius 1 is 1.04 bits per heavy atom. The molecule has 4 nitrogen and oxygen atoms in total. The standard InChI is InChI=1S/C21H30N2O2/c24-21(18-6-3-7-18)23-11-4-10-22(12-13-23)16-17-9-14-25-20-8-2-1-5-19(20)15-17/h1-2,5,8,17-18H,3-4,6-7,9-16H2/t17-/m1/s1. The molecule has 1 saturated heterocycles. The van der Waals surface area contributed by atoms with E-state index in [9.17, 15) is 4.79 Å². The van der Waals surface area contributed by atoms with Crippen LogP contribution in [-0.2, 0) is 11.2 Å². The van der Waals surface area contributed by atoms with E-state index in [4.69, 9.17) is 4.74 Å². The summed E-state index contributed by atoms with van der Waals surface area (Å²) in [7, 11) is 0. The molecule has 0 radical (unpaired) electrons. The fraction of sp³-hybridized carbons (Fsp3) is 0.667. The summed E-state index contributed by atoms with van der Waals surface area (Å²) in [6, 6.07) is 8.46. The Hall–Kier alpha value is -1.55. The Kier molecular flexibility index (Phi) is 5.25. The Morgan fingerprint density at radius 3 is 2.76 bits per heavy atom. The first kappa shape index (κ1) is 16.9. The van der Waals surface area contributed by atoms with Crippen LogP contribution in [0.3, 0.4) is 0 Å². The largest absolute Gasteiger partial charge is 0.493 e. The van der Waals surface area contributed by atoms with Crippen molar-refractivity contribution >= 4 is 5.91 Å². The van der Waals surface area contributed by atoms with Crippen LogP contribution in [0.4, 0.5) is 0 Å². The second-order valence-electron chi connectivity index (χ2n) is 7.92. The van der Waals surface area contributed by atoms with Gasteiger partial charge in [0.15, 0.2) is 0 Å². The second kappa shape index (κ2) is 7.77. The minimum absolute atomic E-state index is 0.335. The SMILES string of the molecule is O=C(C1CCC1)N1CCCN(C[C@@H]2CCOc3ccccc3C2)CC1. The van der Waals surface area contributed by atoms with Crippen molar-refractivity contribution in [1.82, 2.24) is 9.80 Å². The van der Waals surface area contributed by atoms with Gasteiger partial charge >= 0.3 is 0 Å². The number of para-hydroxylation sites is 1. The third kappa shape index (κ3) is 4.00. The highest BCUT2D eigenvalue weighted by Crippen LogP contribution is 2.29. The zero-order chi connectivity index (χ0) is 17.1. The normalized spacial score (nSPS) is 25.3. The quantitative estimate of drug-likeness (QED) is 0.847. The van der Waals surface area contributed by atoms with E-state index in [0.717, 1.165) is 77.2 Å². The first-order valence-electron chi connectivity index (χ1n) is 10.0. The highest BCUT2D eigenvalue weighted by Gasteiger charge is 2.30. The minimum atomic E-state index is 0.335. The maximum atomic E-state index is 12.5. The minimum Gasteiger partial charge on any atom is -0.493 e. The van der Waals surface area contributed by atoms with Crippen LogP contribution in [0.5, 0.6) is 5.75 Å². The smallest absolute Gasteiger partial charge is 0.225 e. The van der Waals surface area contributed by atoms with Gasteiger partial charge < -0.3 is 14.5 Å². The van der Waals surface area contributed by atoms with Gasteiger partial charge in [-0.25, -0.2) is 0 Å². The summed E-state index contributed by atoms with van der Waals surface area (Å²) in [5.41, 5.74) is 1.35. The summed E-state index contributed by atoms with van der Waals surface area (Å²) < 4.78 is 5.91. The van der Waals surface area contributed by atoms with Crippen LogP contribution >= 0.6 is 0 Å². The molecule has 0 spiro atoms. The van der Waals surface area contributed by atoms with E-state index in [2.05, 4.69) is 34.1 Å². The molecule has 1 saturated carbocycles. The third-order valence-electron chi connectivity index (χ3n) is 6.14. The van der Waals surface area contributed by atoms with Gasteiger partial charge in [0.1, 0.15) is 5.75 Å². The zero-order valence-electron chi connectivity index (χ0n) is 15.2. The molecule has 0 bridgehead atoms. The molecule has 0 unspecified atom stereocenters. The van der Waals surface area contributed by atoms with Gasteiger partial charge in [0.05, 0.1) is 6.61 Å². The first-order chi connectivity index (χ1) is 12.3. The molecule has 4 heteroatoms. The molecule has 1 aromatic rings. The lowest BCUT2D eigenvalue weighted by Crippen LogP contribution is -2.41. The van der Waals surface area contributed by atoms with Gasteiger partial charge in [-0.1, -0.05) is 24.6 Å². The van der Waals surface area contributed by atoms with Gasteiger partial charge in [0.2, 0.25) is 5.91 Å². The lowest BCUT2D eigenvalue weighted by atomic mass is 9.84. The van der Waals surface area contributed by atoms with E-state index in [-0.39, 0.29) is 0 Å². The number of hydrogen-bond acceptors (Lipinski definition) is 3. The van der Waals surface area contributed by atoms with Gasteiger partial charge in [-0.3, -0.25) is 4.79 Å². The zero-order valence-corrected chi connectivity index (χ0v) is 15.2. The molecule has 25 heavy (non-hydrogen) atoms. The van der Waals surface area contributed by atoms with E-state index in [1.54, 1.807) is 0 Å². The Bertz CT molecular complexity index is 599. The van der Waals surface area contributed by atoms with Crippen molar-refractivity contribution in [2.45, 2.75) is 38.5 Å². The molecule has 1 aromatic carbocycles. The highest BCUT2D eigenvalue weighted by atomic mass is 16.5. The molecule has 1 atom stereocenters. The number of hydrogen-bond donors (Lipinski definition) is 0. The monoisotopic (exact) mass is 342 g/mol. The van der Waals surface area contributed by atoms with Crippen LogP contribution in [0.2, 0.25) is 0 Å². The van der Waals surface area contributed by atoms with Crippen molar-refractivity contribution in [2.24, 2.45) is 11.8 Å². The first-order valence-corrected chi connectivity index (χ1v) is 10.0. The molecule has 1 aliphatic carbocycles. The molecular weight excluding hydrogens is 312 g/mol. The molecule has 1 amide bonds. The molecule has 2 aliphatic heterocycles. The van der Waals surface area contributed by atoms with Crippen LogP contribution in [-0.4, -0.2) is 55.0 Å². The predicted molar refractivity (Wildman–Crippen MR) is 98.7 cm³/mol. The summed E-state index contributed by atoms with van der Waals surface area (Å²) in [4.78, 5) is 17.2. The molecule has 3 aliphatic rings. The summed E-state index contributed by atoms with van der Waals surface area (Å²) in [6.45, 7) is 5.95. The summed E-state index contributed by atoms with van der Waals surface area (Å²) in [6.07, 6.45) is 6.80. The van der Waals surface area contributed by atoms with Crippen molar-refractivity contribution < 1.29 is 9.53 Å². The lowest BCUT2D eigenvalue weighted by Gasteiger charge is -2.31. The molecule has 136 valence electrons. The molecular formula is C21H30N2O2. The number of ether oxygens (including phenoxy) is 1. The Morgan fingerprint density at radius 2 is 1.92 bits per heavy atom. The fourth-order valence-corrected chi connectivity index (χ4v) is 4.37. The topological polar surface area (TPSA) is 32.8 Å². The molecule has 0 N–H and O–H groups in total. The Balaban J connectivity index is 1.31. The van der Waals surface area contributed by atoms with Gasteiger partial charge in [0, 0.05) is 32.1 Å². The fourth-order valence-electron chi connectivity index (χ4n) is 4.37. The van der Waals surface area contributed by atoms with E-state index in [0.29, 0.717) is 17.7 Å². The highest BCUT2D eigenvalue weighted by molar-refractivity contribution is 5.79. The Labute approximate surface area is 151 Å². The van der Waals surface area contributed by atoms with Crippen molar-refractivity contribution in [1.29, 1.82) is 0 Å². The number of nitrogens with zero attached hydrogens (tertiary/aromatic N) is 2. The number of carbonyl (C=O) groups is 1. The van der Waals surface area contributed by atoms with Crippen LogP contribution in [0.25, 0.3) is 0 Å². The number of amides is 1. The molecule has 4 rings (SSSR count). The van der Waals surface area contributed by atoms with E-state index in [1.807, 2.05) is 0 Å². The summed E-state index contributed by atoms with van der Waals surface area (Å²) in [5, 5.41) is 0. The molecule has 0 aromatic heterocycles. The third-order valence-corrected chi connectivity index (χ3v) is 6.14. The van der Waals surface area contributed by atoms with Crippen molar-refractivity contribution in [3.05, 3.63) is 29.8 Å². The average molecular weight is 342 g/mol. The van der Waals surface area contributed by atoms with Crippen LogP contribution < -0.4 is 4.74 Å². The van der Waals surface area contributed by atoms with Crippen molar-refractivity contribution in [3.8, 4) is 5.75 Å². The van der Waals surface area contributed by atoms with Gasteiger partial charge in [-0.15, -0.1) is 0 Å². The average Bonchev–Trinajstić information content (AvgIpc) is 2.91. The van der Waals surface area contributed by atoms with Crippen LogP contribution in [0, 0.1) is 11.8 Å². The second-order valence-corrected chi connectivity index (χ2v) is 7.92. The van der Waals surface area contributed by atoms with Crippen LogP contribution in [0.15, 0.2) is 24.3 Å². The van der Waals surface area contributed by atoms with E-state index >= 15 is 0 Å². The number of benzene rings is 1. The predicted octanol–water partition coefficient (Wildman–Crippen LogP) is 2.96. The summed E-state index contributed by atoms with van der Waals surface area (Å²) >= 11 is 0. The maximum absolute atomic E-state index is 12.5. The molecule has 2 heterocycles. The van der Waals surface area contributed by atoms with Gasteiger partial charge in [-0.05, 0) is 56.2 Å². The van der Waals surface area contributed by atoms with Crippen LogP contribution in [0.1, 0.15) is 37.7 Å². The number of rotatable bonds is 3. The van der Waals surface area contributed by atoms with E-state index in [1.165, 1.54) is 12.0 Å². The van der Waals surface area contributed by atoms with Crippen molar-refractivity contribution in [3.63, 3.8) is 0 Å². The summed E-state index contributed by atoms with van der Waals surface area (Å²) in [5.74, 6) is 2.47. The van der Waals surface area contributed by atoms with Gasteiger partial charge in [0.25, 0.3) is 0 Å². The van der Waals surface area contributed by atoms with Gasteiger partial charge in [-0.2, -0.15) is 0 Å². The number of fused-ring (bicyclic) bond motifs is 1.